The van der Waals surface area contributed by atoms with Gasteiger partial charge in [-0.05, 0) is 31.0 Å². The first-order valence-electron chi connectivity index (χ1n) is 8.54. The van der Waals surface area contributed by atoms with Gasteiger partial charge in [-0.2, -0.15) is 0 Å². The van der Waals surface area contributed by atoms with Gasteiger partial charge in [0.2, 0.25) is 0 Å². The minimum absolute atomic E-state index is 0.0305. The Bertz CT molecular complexity index is 630. The van der Waals surface area contributed by atoms with Crippen molar-refractivity contribution in [2.45, 2.75) is 45.4 Å². The first kappa shape index (κ1) is 19.4. The molecule has 1 aromatic carbocycles. The molecule has 140 valence electrons. The van der Waals surface area contributed by atoms with Gasteiger partial charge in [-0.1, -0.05) is 19.9 Å². The van der Waals surface area contributed by atoms with Gasteiger partial charge in [0, 0.05) is 32.2 Å². The van der Waals surface area contributed by atoms with Gasteiger partial charge in [-0.3, -0.25) is 4.99 Å². The number of aliphatic imine (C=N–C) groups is 1. The molecule has 6 nitrogen and oxygen atoms in total. The van der Waals surface area contributed by atoms with Crippen molar-refractivity contribution in [2.24, 2.45) is 10.4 Å². The predicted octanol–water partition coefficient (Wildman–Crippen LogP) is 2.57. The summed E-state index contributed by atoms with van der Waals surface area (Å²) in [6.07, 6.45) is 0.952. The van der Waals surface area contributed by atoms with Crippen molar-refractivity contribution >= 4 is 5.96 Å². The zero-order valence-corrected chi connectivity index (χ0v) is 16.4. The van der Waals surface area contributed by atoms with Gasteiger partial charge in [0.15, 0.2) is 17.5 Å². The maximum atomic E-state index is 5.68. The lowest BCUT2D eigenvalue weighted by Crippen LogP contribution is -2.69. The van der Waals surface area contributed by atoms with Crippen molar-refractivity contribution < 1.29 is 14.2 Å². The second kappa shape index (κ2) is 7.52. The van der Waals surface area contributed by atoms with Gasteiger partial charge >= 0.3 is 0 Å². The number of methoxy groups -OCH3 is 3. The average molecular weight is 349 g/mol. The molecule has 1 aromatic rings. The van der Waals surface area contributed by atoms with Crippen LogP contribution in [0.3, 0.4) is 0 Å². The Morgan fingerprint density at radius 3 is 2.36 bits per heavy atom. The predicted molar refractivity (Wildman–Crippen MR) is 100 cm³/mol. The summed E-state index contributed by atoms with van der Waals surface area (Å²) in [5.41, 5.74) is 1.02. The van der Waals surface area contributed by atoms with Gasteiger partial charge in [-0.15, -0.1) is 0 Å². The maximum Gasteiger partial charge on any atom is 0.191 e. The van der Waals surface area contributed by atoms with Crippen LogP contribution in [0.4, 0.5) is 0 Å². The second-order valence-electron chi connectivity index (χ2n) is 7.17. The number of rotatable bonds is 6. The third-order valence-electron chi connectivity index (χ3n) is 5.72. The number of guanidine groups is 1. The first-order valence-corrected chi connectivity index (χ1v) is 8.54. The highest BCUT2D eigenvalue weighted by Crippen LogP contribution is 2.51. The summed E-state index contributed by atoms with van der Waals surface area (Å²) >= 11 is 0. The molecule has 1 saturated carbocycles. The van der Waals surface area contributed by atoms with E-state index < -0.39 is 0 Å². The highest BCUT2D eigenvalue weighted by molar-refractivity contribution is 5.80. The first-order chi connectivity index (χ1) is 11.8. The van der Waals surface area contributed by atoms with Crippen LogP contribution in [0.2, 0.25) is 0 Å². The third kappa shape index (κ3) is 3.68. The van der Waals surface area contributed by atoms with E-state index in [0.717, 1.165) is 29.4 Å². The number of hydrogen-bond acceptors (Lipinski definition) is 4. The van der Waals surface area contributed by atoms with Gasteiger partial charge in [0.1, 0.15) is 0 Å². The molecule has 0 spiro atoms. The second-order valence-corrected chi connectivity index (χ2v) is 7.17. The minimum Gasteiger partial charge on any atom is -0.493 e. The zero-order valence-electron chi connectivity index (χ0n) is 16.4. The SMILES string of the molecule is CN=C(NCc1ccc(OC)c(OC)c1)NC1CC(C)(OC)C1(C)C. The Morgan fingerprint density at radius 1 is 1.16 bits per heavy atom. The van der Waals surface area contributed by atoms with Gasteiger partial charge in [0.05, 0.1) is 19.8 Å². The van der Waals surface area contributed by atoms with Crippen LogP contribution in [0.5, 0.6) is 11.5 Å². The van der Waals surface area contributed by atoms with E-state index in [1.807, 2.05) is 18.2 Å². The highest BCUT2D eigenvalue weighted by Gasteiger charge is 2.58. The summed E-state index contributed by atoms with van der Waals surface area (Å²) in [6, 6.07) is 6.20. The Kier molecular flexibility index (Phi) is 5.83. The number of hydrogen-bond donors (Lipinski definition) is 2. The summed E-state index contributed by atoms with van der Waals surface area (Å²) in [5, 5.41) is 6.87. The van der Waals surface area contributed by atoms with Gasteiger partial charge < -0.3 is 24.8 Å². The quantitative estimate of drug-likeness (QED) is 0.610. The van der Waals surface area contributed by atoms with Crippen LogP contribution in [0.1, 0.15) is 32.8 Å². The summed E-state index contributed by atoms with van der Waals surface area (Å²) < 4.78 is 16.3. The molecule has 2 N–H and O–H groups in total. The van der Waals surface area contributed by atoms with Crippen molar-refractivity contribution in [1.82, 2.24) is 10.6 Å². The van der Waals surface area contributed by atoms with Crippen LogP contribution in [-0.4, -0.2) is 46.0 Å². The van der Waals surface area contributed by atoms with E-state index in [9.17, 15) is 0 Å². The van der Waals surface area contributed by atoms with Crippen LogP contribution < -0.4 is 20.1 Å². The number of nitrogens with zero attached hydrogens (tertiary/aromatic N) is 1. The standard InChI is InChI=1S/C19H31N3O3/c1-18(2)16(11-19(18,3)25-7)22-17(20-4)21-12-13-8-9-14(23-5)15(10-13)24-6/h8-10,16H,11-12H2,1-7H3,(H2,20,21,22). The molecular weight excluding hydrogens is 318 g/mol. The topological polar surface area (TPSA) is 64.1 Å². The molecule has 2 unspecified atom stereocenters. The zero-order chi connectivity index (χ0) is 18.7. The monoisotopic (exact) mass is 349 g/mol. The van der Waals surface area contributed by atoms with Crippen molar-refractivity contribution in [3.63, 3.8) is 0 Å². The molecule has 0 amide bonds. The Morgan fingerprint density at radius 2 is 1.84 bits per heavy atom. The number of benzene rings is 1. The summed E-state index contributed by atoms with van der Waals surface area (Å²) in [5.74, 6) is 2.23. The van der Waals surface area contributed by atoms with Crippen LogP contribution in [-0.2, 0) is 11.3 Å². The fraction of sp³-hybridized carbons (Fsp3) is 0.632. The van der Waals surface area contributed by atoms with Crippen LogP contribution in [0.15, 0.2) is 23.2 Å². The molecule has 1 fully saturated rings. The molecular formula is C19H31N3O3. The number of ether oxygens (including phenoxy) is 3. The van der Waals surface area contributed by atoms with Gasteiger partial charge in [0.25, 0.3) is 0 Å². The molecule has 1 aliphatic rings. The molecule has 0 saturated heterocycles. The van der Waals surface area contributed by atoms with E-state index in [1.54, 1.807) is 28.4 Å². The molecule has 0 radical (unpaired) electrons. The number of nitrogens with one attached hydrogen (secondary N) is 2. The van der Waals surface area contributed by atoms with E-state index >= 15 is 0 Å². The van der Waals surface area contributed by atoms with Crippen molar-refractivity contribution in [3.8, 4) is 11.5 Å². The van der Waals surface area contributed by atoms with E-state index in [4.69, 9.17) is 14.2 Å². The Labute approximate surface area is 151 Å². The minimum atomic E-state index is -0.104. The molecule has 1 aliphatic carbocycles. The summed E-state index contributed by atoms with van der Waals surface area (Å²) in [4.78, 5) is 4.34. The fourth-order valence-corrected chi connectivity index (χ4v) is 3.26. The maximum absolute atomic E-state index is 5.68. The van der Waals surface area contributed by atoms with E-state index in [1.165, 1.54) is 0 Å². The molecule has 0 aliphatic heterocycles. The van der Waals surface area contributed by atoms with Crippen LogP contribution in [0, 0.1) is 5.41 Å². The van der Waals surface area contributed by atoms with E-state index in [-0.39, 0.29) is 11.0 Å². The molecule has 0 heterocycles. The van der Waals surface area contributed by atoms with Crippen molar-refractivity contribution in [2.75, 3.05) is 28.4 Å². The van der Waals surface area contributed by atoms with Crippen LogP contribution in [0.25, 0.3) is 0 Å². The van der Waals surface area contributed by atoms with E-state index in [0.29, 0.717) is 12.6 Å². The smallest absolute Gasteiger partial charge is 0.191 e. The summed E-state index contributed by atoms with van der Waals surface area (Å²) in [6.45, 7) is 7.25. The molecule has 0 aromatic heterocycles. The molecule has 2 atom stereocenters. The molecule has 2 rings (SSSR count). The molecule has 25 heavy (non-hydrogen) atoms. The largest absolute Gasteiger partial charge is 0.493 e. The Balaban J connectivity index is 1.96. The van der Waals surface area contributed by atoms with Crippen molar-refractivity contribution in [1.29, 1.82) is 0 Å². The van der Waals surface area contributed by atoms with E-state index in [2.05, 4.69) is 36.4 Å². The van der Waals surface area contributed by atoms with Crippen molar-refractivity contribution in [3.05, 3.63) is 23.8 Å². The lowest BCUT2D eigenvalue weighted by molar-refractivity contribution is -0.176. The Hall–Kier alpha value is -1.95. The lowest BCUT2D eigenvalue weighted by Gasteiger charge is -2.59. The van der Waals surface area contributed by atoms with Gasteiger partial charge in [-0.25, -0.2) is 0 Å². The third-order valence-corrected chi connectivity index (χ3v) is 5.72. The molecule has 6 heteroatoms. The average Bonchev–Trinajstić information content (AvgIpc) is 2.63. The highest BCUT2D eigenvalue weighted by atomic mass is 16.5. The molecule has 0 bridgehead atoms. The summed E-state index contributed by atoms with van der Waals surface area (Å²) in [7, 11) is 6.84. The lowest BCUT2D eigenvalue weighted by atomic mass is 9.56. The normalized spacial score (nSPS) is 25.1. The van der Waals surface area contributed by atoms with Crippen LogP contribution >= 0.6 is 0 Å². The fourth-order valence-electron chi connectivity index (χ4n) is 3.26.